The normalized spacial score (nSPS) is 17.4. The number of amides is 1. The monoisotopic (exact) mass is 589 g/mol. The van der Waals surface area contributed by atoms with Crippen LogP contribution < -0.4 is 10.6 Å². The van der Waals surface area contributed by atoms with E-state index in [1.165, 1.54) is 0 Å². The summed E-state index contributed by atoms with van der Waals surface area (Å²) in [5.41, 5.74) is 5.13. The van der Waals surface area contributed by atoms with Crippen molar-refractivity contribution in [2.45, 2.75) is 45.4 Å². The van der Waals surface area contributed by atoms with E-state index in [0.29, 0.717) is 29.6 Å². The van der Waals surface area contributed by atoms with Gasteiger partial charge in [-0.15, -0.1) is 0 Å². The average Bonchev–Trinajstić information content (AvgIpc) is 3.38. The van der Waals surface area contributed by atoms with Gasteiger partial charge in [-0.25, -0.2) is 9.97 Å². The number of hydrogen-bond donors (Lipinski definition) is 4. The van der Waals surface area contributed by atoms with Crippen LogP contribution in [0, 0.1) is 12.8 Å². The number of halogens is 1. The molecule has 4 N–H and O–H groups in total. The molecule has 1 unspecified atom stereocenters. The van der Waals surface area contributed by atoms with E-state index in [2.05, 4.69) is 37.3 Å². The van der Waals surface area contributed by atoms with Crippen molar-refractivity contribution in [3.63, 3.8) is 0 Å². The van der Waals surface area contributed by atoms with E-state index in [9.17, 15) is 9.90 Å². The minimum atomic E-state index is -0.758. The zero-order valence-corrected chi connectivity index (χ0v) is 25.4. The summed E-state index contributed by atoms with van der Waals surface area (Å²) < 4.78 is 0. The fraction of sp³-hybridized carbons (Fsp3) is 0.406. The number of aromatic amines is 1. The van der Waals surface area contributed by atoms with E-state index in [0.717, 1.165) is 59.2 Å². The Balaban J connectivity index is 1.22. The first kappa shape index (κ1) is 30.0. The fourth-order valence-corrected chi connectivity index (χ4v) is 6.02. The van der Waals surface area contributed by atoms with Crippen molar-refractivity contribution >= 4 is 40.0 Å². The highest BCUT2D eigenvalue weighted by Crippen LogP contribution is 2.33. The third-order valence-corrected chi connectivity index (χ3v) is 8.03. The maximum Gasteiger partial charge on any atom is 0.224 e. The topological polar surface area (TPSA) is 109 Å². The highest BCUT2D eigenvalue weighted by Gasteiger charge is 2.27. The maximum absolute atomic E-state index is 12.6. The Labute approximate surface area is 252 Å². The highest BCUT2D eigenvalue weighted by atomic mass is 35.5. The first-order chi connectivity index (χ1) is 20.2. The van der Waals surface area contributed by atoms with E-state index < -0.39 is 6.23 Å². The van der Waals surface area contributed by atoms with Crippen molar-refractivity contribution in [2.75, 3.05) is 44.4 Å². The average molecular weight is 590 g/mol. The van der Waals surface area contributed by atoms with Gasteiger partial charge in [0, 0.05) is 60.4 Å². The van der Waals surface area contributed by atoms with Crippen molar-refractivity contribution < 1.29 is 9.90 Å². The number of aryl methyl sites for hydroxylation is 1. The van der Waals surface area contributed by atoms with Crippen LogP contribution >= 0.6 is 11.6 Å². The molecule has 1 aliphatic rings. The van der Waals surface area contributed by atoms with Gasteiger partial charge in [-0.1, -0.05) is 48.9 Å². The van der Waals surface area contributed by atoms with Crippen LogP contribution in [0.2, 0.25) is 5.02 Å². The number of likely N-dealkylation sites (tertiary alicyclic amines) is 1. The summed E-state index contributed by atoms with van der Waals surface area (Å²) in [6.45, 7) is 6.31. The minimum Gasteiger partial charge on any atom is -0.374 e. The number of carbonyl (C=O) groups excluding carboxylic acids is 1. The Kier molecular flexibility index (Phi) is 9.43. The lowest BCUT2D eigenvalue weighted by atomic mass is 10.0. The van der Waals surface area contributed by atoms with Crippen LogP contribution in [0.1, 0.15) is 43.5 Å². The SMILES string of the molecule is Cc1cc([C@@H](O)N2CCC[C@H](Nc3ncc(Cl)c(-c4c[nH]c5ccccc45)n3)C2)ccc1NC(=O)CC(C)CN(C)C. The number of aliphatic hydroxyl groups excluding tert-OH is 1. The second kappa shape index (κ2) is 13.2. The summed E-state index contributed by atoms with van der Waals surface area (Å²) in [5.74, 6) is 0.778. The van der Waals surface area contributed by atoms with Crippen molar-refractivity contribution in [3.05, 3.63) is 71.0 Å². The van der Waals surface area contributed by atoms with E-state index in [-0.39, 0.29) is 17.9 Å². The largest absolute Gasteiger partial charge is 0.374 e. The summed E-state index contributed by atoms with van der Waals surface area (Å²) in [6, 6.07) is 13.8. The van der Waals surface area contributed by atoms with Gasteiger partial charge in [0.05, 0.1) is 16.9 Å². The second-order valence-electron chi connectivity index (χ2n) is 11.7. The number of H-pyrrole nitrogens is 1. The molecule has 0 spiro atoms. The molecular weight excluding hydrogens is 550 g/mol. The van der Waals surface area contributed by atoms with Gasteiger partial charge in [0.1, 0.15) is 6.23 Å². The molecule has 1 amide bonds. The number of fused-ring (bicyclic) bond motifs is 1. The number of aliphatic hydroxyl groups is 1. The predicted molar refractivity (Wildman–Crippen MR) is 170 cm³/mol. The van der Waals surface area contributed by atoms with E-state index in [1.807, 2.05) is 69.7 Å². The van der Waals surface area contributed by atoms with Crippen LogP contribution in [-0.4, -0.2) is 75.5 Å². The van der Waals surface area contributed by atoms with Gasteiger partial charge in [-0.05, 0) is 63.0 Å². The summed E-state index contributed by atoms with van der Waals surface area (Å²) in [7, 11) is 4.02. The Hall–Kier alpha value is -3.50. The molecular formula is C32H40ClN7O2. The van der Waals surface area contributed by atoms with Crippen LogP contribution in [0.5, 0.6) is 0 Å². The first-order valence-electron chi connectivity index (χ1n) is 14.5. The summed E-state index contributed by atoms with van der Waals surface area (Å²) >= 11 is 6.52. The number of rotatable bonds is 10. The Bertz CT molecular complexity index is 1540. The molecule has 222 valence electrons. The minimum absolute atomic E-state index is 0.00275. The molecule has 3 heterocycles. The van der Waals surface area contributed by atoms with Gasteiger partial charge in [-0.3, -0.25) is 9.69 Å². The van der Waals surface area contributed by atoms with Gasteiger partial charge in [0.2, 0.25) is 11.9 Å². The molecule has 3 atom stereocenters. The van der Waals surface area contributed by atoms with E-state index in [4.69, 9.17) is 16.6 Å². The van der Waals surface area contributed by atoms with Crippen LogP contribution in [0.3, 0.4) is 0 Å². The smallest absolute Gasteiger partial charge is 0.224 e. The van der Waals surface area contributed by atoms with Crippen molar-refractivity contribution in [3.8, 4) is 11.3 Å². The summed E-state index contributed by atoms with van der Waals surface area (Å²) in [4.78, 5) is 29.2. The Morgan fingerprint density at radius 2 is 2.07 bits per heavy atom. The van der Waals surface area contributed by atoms with Gasteiger partial charge >= 0.3 is 0 Å². The first-order valence-corrected chi connectivity index (χ1v) is 14.9. The highest BCUT2D eigenvalue weighted by molar-refractivity contribution is 6.33. The van der Waals surface area contributed by atoms with E-state index >= 15 is 0 Å². The summed E-state index contributed by atoms with van der Waals surface area (Å²) in [6.07, 6.45) is 5.13. The molecule has 0 saturated carbocycles. The third kappa shape index (κ3) is 7.10. The predicted octanol–water partition coefficient (Wildman–Crippen LogP) is 5.68. The Morgan fingerprint density at radius 3 is 2.86 bits per heavy atom. The van der Waals surface area contributed by atoms with Crippen molar-refractivity contribution in [1.82, 2.24) is 24.8 Å². The molecule has 4 aromatic rings. The number of nitrogens with one attached hydrogen (secondary N) is 3. The zero-order chi connectivity index (χ0) is 29.8. The van der Waals surface area contributed by atoms with Crippen LogP contribution in [0.25, 0.3) is 22.2 Å². The molecule has 10 heteroatoms. The van der Waals surface area contributed by atoms with Crippen LogP contribution in [-0.2, 0) is 4.79 Å². The van der Waals surface area contributed by atoms with Gasteiger partial charge in [-0.2, -0.15) is 0 Å². The molecule has 2 aromatic heterocycles. The molecule has 0 bridgehead atoms. The quantitative estimate of drug-likeness (QED) is 0.188. The second-order valence-corrected chi connectivity index (χ2v) is 12.1. The number of benzene rings is 2. The molecule has 9 nitrogen and oxygen atoms in total. The van der Waals surface area contributed by atoms with Crippen LogP contribution in [0.4, 0.5) is 11.6 Å². The van der Waals surface area contributed by atoms with Crippen molar-refractivity contribution in [1.29, 1.82) is 0 Å². The molecule has 1 fully saturated rings. The molecule has 42 heavy (non-hydrogen) atoms. The summed E-state index contributed by atoms with van der Waals surface area (Å²) in [5, 5.41) is 19.3. The lowest BCUT2D eigenvalue weighted by Gasteiger charge is -2.36. The lowest BCUT2D eigenvalue weighted by Crippen LogP contribution is -2.44. The number of aromatic nitrogens is 3. The van der Waals surface area contributed by atoms with Gasteiger partial charge < -0.3 is 25.6 Å². The molecule has 0 aliphatic carbocycles. The number of anilines is 2. The number of hydrogen-bond acceptors (Lipinski definition) is 7. The standard InChI is InChI=1S/C32H40ClN7O2/c1-20(18-39(3)4)14-29(41)37-27-12-11-22(15-21(27)2)31(42)40-13-7-8-23(19-40)36-32-35-17-26(33)30(38-32)25-16-34-28-10-6-5-9-24(25)28/h5-6,9-12,15-17,20,23,31,34,42H,7-8,13-14,18-19H2,1-4H3,(H,37,41)(H,35,36,38)/t20?,23-,31+/m0/s1. The van der Waals surface area contributed by atoms with Gasteiger partial charge in [0.15, 0.2) is 0 Å². The van der Waals surface area contributed by atoms with Gasteiger partial charge in [0.25, 0.3) is 0 Å². The fourth-order valence-electron chi connectivity index (χ4n) is 5.83. The number of para-hydroxylation sites is 1. The van der Waals surface area contributed by atoms with Crippen LogP contribution in [0.15, 0.2) is 54.9 Å². The van der Waals surface area contributed by atoms with Crippen molar-refractivity contribution in [2.24, 2.45) is 5.92 Å². The van der Waals surface area contributed by atoms with E-state index in [1.54, 1.807) is 6.20 Å². The molecule has 2 aromatic carbocycles. The third-order valence-electron chi connectivity index (χ3n) is 7.75. The molecule has 1 aliphatic heterocycles. The molecule has 0 radical (unpaired) electrons. The molecule has 1 saturated heterocycles. The maximum atomic E-state index is 12.6. The lowest BCUT2D eigenvalue weighted by molar-refractivity contribution is -0.117. The Morgan fingerprint density at radius 1 is 1.26 bits per heavy atom. The number of carbonyl (C=O) groups is 1. The molecule has 5 rings (SSSR count). The zero-order valence-electron chi connectivity index (χ0n) is 24.7. The number of nitrogens with zero attached hydrogens (tertiary/aromatic N) is 4. The number of piperidine rings is 1.